The number of anilines is 4. The molecule has 10 heteroatoms. The van der Waals surface area contributed by atoms with Crippen LogP contribution >= 0.6 is 23.2 Å². The van der Waals surface area contributed by atoms with Crippen LogP contribution in [0.4, 0.5) is 27.7 Å². The Morgan fingerprint density at radius 2 is 1.72 bits per heavy atom. The number of benzene rings is 2. The van der Waals surface area contributed by atoms with Crippen molar-refractivity contribution in [2.75, 3.05) is 15.5 Å². The number of hydrogen-bond donors (Lipinski definition) is 3. The first-order valence-corrected chi connectivity index (χ1v) is 10.3. The van der Waals surface area contributed by atoms with E-state index in [4.69, 9.17) is 23.2 Å². The molecule has 0 aliphatic heterocycles. The SMILES string of the molecule is CC(C)(C)N(C(=O)O)c1cccc(NC(=O)c2cccc(Nc3nc(Cl)ncc3Cl)c2)c1. The van der Waals surface area contributed by atoms with Crippen molar-refractivity contribution in [1.82, 2.24) is 9.97 Å². The molecule has 8 nitrogen and oxygen atoms in total. The Bertz CT molecular complexity index is 1160. The number of rotatable bonds is 5. The van der Waals surface area contributed by atoms with Gasteiger partial charge in [-0.15, -0.1) is 0 Å². The molecular formula is C22H21Cl2N5O3. The summed E-state index contributed by atoms with van der Waals surface area (Å²) in [5.41, 5.74) is 1.22. The third kappa shape index (κ3) is 5.66. The van der Waals surface area contributed by atoms with Crippen molar-refractivity contribution < 1.29 is 14.7 Å². The van der Waals surface area contributed by atoms with Crippen molar-refractivity contribution in [3.8, 4) is 0 Å². The fourth-order valence-electron chi connectivity index (χ4n) is 3.02. The molecule has 1 heterocycles. The number of amides is 2. The molecule has 32 heavy (non-hydrogen) atoms. The maximum absolute atomic E-state index is 12.8. The van der Waals surface area contributed by atoms with Crippen LogP contribution in [0.25, 0.3) is 0 Å². The maximum atomic E-state index is 12.8. The van der Waals surface area contributed by atoms with E-state index in [0.717, 1.165) is 0 Å². The van der Waals surface area contributed by atoms with E-state index in [2.05, 4.69) is 20.6 Å². The molecule has 166 valence electrons. The van der Waals surface area contributed by atoms with Gasteiger partial charge in [-0.05, 0) is 68.8 Å². The van der Waals surface area contributed by atoms with Crippen LogP contribution in [0.5, 0.6) is 0 Å². The van der Waals surface area contributed by atoms with Gasteiger partial charge < -0.3 is 15.7 Å². The van der Waals surface area contributed by atoms with Gasteiger partial charge in [-0.3, -0.25) is 9.69 Å². The van der Waals surface area contributed by atoms with Gasteiger partial charge >= 0.3 is 6.09 Å². The van der Waals surface area contributed by atoms with Crippen molar-refractivity contribution in [1.29, 1.82) is 0 Å². The molecule has 0 aliphatic carbocycles. The van der Waals surface area contributed by atoms with Crippen LogP contribution in [0.15, 0.2) is 54.7 Å². The van der Waals surface area contributed by atoms with Crippen molar-refractivity contribution in [3.05, 3.63) is 70.6 Å². The maximum Gasteiger partial charge on any atom is 0.412 e. The fourth-order valence-corrected chi connectivity index (χ4v) is 3.29. The van der Waals surface area contributed by atoms with E-state index in [0.29, 0.717) is 28.4 Å². The zero-order valence-corrected chi connectivity index (χ0v) is 19.1. The first-order valence-electron chi connectivity index (χ1n) is 9.54. The smallest absolute Gasteiger partial charge is 0.412 e. The summed E-state index contributed by atoms with van der Waals surface area (Å²) >= 11 is 11.9. The van der Waals surface area contributed by atoms with Crippen molar-refractivity contribution in [2.24, 2.45) is 0 Å². The third-order valence-corrected chi connectivity index (χ3v) is 4.79. The molecule has 0 fully saturated rings. The first kappa shape index (κ1) is 23.3. The quantitative estimate of drug-likeness (QED) is 0.388. The molecule has 0 saturated heterocycles. The summed E-state index contributed by atoms with van der Waals surface area (Å²) in [5.74, 6) is -0.0527. The lowest BCUT2D eigenvalue weighted by atomic mass is 10.1. The summed E-state index contributed by atoms with van der Waals surface area (Å²) in [6.07, 6.45) is 0.295. The molecule has 3 aromatic rings. The molecule has 3 N–H and O–H groups in total. The lowest BCUT2D eigenvalue weighted by Crippen LogP contribution is -2.45. The molecule has 0 saturated carbocycles. The Balaban J connectivity index is 1.80. The van der Waals surface area contributed by atoms with Gasteiger partial charge in [0.2, 0.25) is 5.28 Å². The normalized spacial score (nSPS) is 11.0. The van der Waals surface area contributed by atoms with Crippen LogP contribution in [0.1, 0.15) is 31.1 Å². The molecule has 0 atom stereocenters. The highest BCUT2D eigenvalue weighted by atomic mass is 35.5. The van der Waals surface area contributed by atoms with Crippen LogP contribution in [0.3, 0.4) is 0 Å². The Labute approximate surface area is 195 Å². The number of nitrogens with one attached hydrogen (secondary N) is 2. The van der Waals surface area contributed by atoms with E-state index in [-0.39, 0.29) is 16.2 Å². The highest BCUT2D eigenvalue weighted by Gasteiger charge is 2.28. The highest BCUT2D eigenvalue weighted by Crippen LogP contribution is 2.27. The Morgan fingerprint density at radius 3 is 2.41 bits per heavy atom. The van der Waals surface area contributed by atoms with Crippen molar-refractivity contribution in [2.45, 2.75) is 26.3 Å². The van der Waals surface area contributed by atoms with Gasteiger partial charge in [0.05, 0.1) is 6.20 Å². The monoisotopic (exact) mass is 473 g/mol. The van der Waals surface area contributed by atoms with E-state index >= 15 is 0 Å². The lowest BCUT2D eigenvalue weighted by molar-refractivity contribution is 0.102. The Hall–Kier alpha value is -3.36. The molecule has 0 aliphatic rings. The third-order valence-electron chi connectivity index (χ3n) is 4.33. The molecule has 2 amide bonds. The average Bonchev–Trinajstić information content (AvgIpc) is 2.70. The van der Waals surface area contributed by atoms with Gasteiger partial charge in [-0.1, -0.05) is 23.7 Å². The van der Waals surface area contributed by atoms with Crippen molar-refractivity contribution >= 4 is 58.1 Å². The standard InChI is InChI=1S/C22H21Cl2N5O3/c1-22(2,3)29(21(31)32)16-9-5-8-15(11-16)27-19(30)13-6-4-7-14(10-13)26-18-17(23)12-25-20(24)28-18/h4-12H,1-3H3,(H,27,30)(H,31,32)(H,25,26,28). The predicted molar refractivity (Wildman–Crippen MR) is 126 cm³/mol. The Morgan fingerprint density at radius 1 is 1.03 bits per heavy atom. The fraction of sp³-hybridized carbons (Fsp3) is 0.182. The van der Waals surface area contributed by atoms with Gasteiger partial charge in [-0.2, -0.15) is 4.98 Å². The zero-order valence-electron chi connectivity index (χ0n) is 17.6. The molecule has 0 radical (unpaired) electrons. The average molecular weight is 474 g/mol. The summed E-state index contributed by atoms with van der Waals surface area (Å²) in [6.45, 7) is 5.38. The number of aromatic nitrogens is 2. The molecule has 0 bridgehead atoms. The summed E-state index contributed by atoms with van der Waals surface area (Å²) < 4.78 is 0. The second kappa shape index (κ2) is 9.42. The molecule has 2 aromatic carbocycles. The zero-order chi connectivity index (χ0) is 23.5. The minimum Gasteiger partial charge on any atom is -0.465 e. The minimum atomic E-state index is -1.08. The van der Waals surface area contributed by atoms with Gasteiger partial charge in [0.1, 0.15) is 5.02 Å². The number of hydrogen-bond acceptors (Lipinski definition) is 5. The van der Waals surface area contributed by atoms with E-state index < -0.39 is 11.6 Å². The summed E-state index contributed by atoms with van der Waals surface area (Å²) in [5, 5.41) is 15.7. The number of carbonyl (C=O) groups excluding carboxylic acids is 1. The van der Waals surface area contributed by atoms with Gasteiger partial charge in [0.25, 0.3) is 5.91 Å². The number of carboxylic acid groups (broad SMARTS) is 1. The van der Waals surface area contributed by atoms with Crippen LogP contribution < -0.4 is 15.5 Å². The molecule has 0 unspecified atom stereocenters. The number of halogens is 2. The highest BCUT2D eigenvalue weighted by molar-refractivity contribution is 6.33. The van der Waals surface area contributed by atoms with Gasteiger partial charge in [0, 0.05) is 28.2 Å². The molecule has 1 aromatic heterocycles. The first-order chi connectivity index (χ1) is 15.0. The van der Waals surface area contributed by atoms with E-state index in [1.807, 2.05) is 0 Å². The lowest BCUT2D eigenvalue weighted by Gasteiger charge is -2.33. The van der Waals surface area contributed by atoms with Crippen LogP contribution in [-0.2, 0) is 0 Å². The number of carbonyl (C=O) groups is 2. The predicted octanol–water partition coefficient (Wildman–Crippen LogP) is 6.06. The van der Waals surface area contributed by atoms with Crippen LogP contribution in [0, 0.1) is 0 Å². The van der Waals surface area contributed by atoms with E-state index in [1.165, 1.54) is 11.1 Å². The second-order valence-corrected chi connectivity index (χ2v) is 8.58. The summed E-state index contributed by atoms with van der Waals surface area (Å²) in [6, 6.07) is 13.4. The van der Waals surface area contributed by atoms with E-state index in [1.54, 1.807) is 69.3 Å². The van der Waals surface area contributed by atoms with Crippen molar-refractivity contribution in [3.63, 3.8) is 0 Å². The van der Waals surface area contributed by atoms with Crippen LogP contribution in [0.2, 0.25) is 10.3 Å². The van der Waals surface area contributed by atoms with Gasteiger partial charge in [-0.25, -0.2) is 9.78 Å². The van der Waals surface area contributed by atoms with Gasteiger partial charge in [0.15, 0.2) is 5.82 Å². The largest absolute Gasteiger partial charge is 0.465 e. The minimum absolute atomic E-state index is 0.0383. The molecule has 3 rings (SSSR count). The summed E-state index contributed by atoms with van der Waals surface area (Å²) in [4.78, 5) is 33.6. The number of nitrogens with zero attached hydrogens (tertiary/aromatic N) is 3. The van der Waals surface area contributed by atoms with E-state index in [9.17, 15) is 14.7 Å². The summed E-state index contributed by atoms with van der Waals surface area (Å²) in [7, 11) is 0. The topological polar surface area (TPSA) is 107 Å². The Kier molecular flexibility index (Phi) is 6.86. The molecule has 0 spiro atoms. The second-order valence-electron chi connectivity index (χ2n) is 7.83. The molecular weight excluding hydrogens is 453 g/mol. The van der Waals surface area contributed by atoms with Crippen LogP contribution in [-0.4, -0.2) is 32.6 Å².